The highest BCUT2D eigenvalue weighted by Gasteiger charge is 2.09. The van der Waals surface area contributed by atoms with Gasteiger partial charge in [0.2, 0.25) is 0 Å². The first-order valence-corrected chi connectivity index (χ1v) is 6.22. The number of rotatable bonds is 4. The summed E-state index contributed by atoms with van der Waals surface area (Å²) in [6.45, 7) is -0.199. The van der Waals surface area contributed by atoms with Gasteiger partial charge in [0, 0.05) is 5.56 Å². The van der Waals surface area contributed by atoms with E-state index >= 15 is 0 Å². The van der Waals surface area contributed by atoms with Crippen molar-refractivity contribution in [1.29, 1.82) is 0 Å². The highest BCUT2D eigenvalue weighted by atomic mass is 79.9. The third-order valence-corrected chi connectivity index (χ3v) is 3.04. The summed E-state index contributed by atoms with van der Waals surface area (Å²) in [6.07, 6.45) is 0. The van der Waals surface area contributed by atoms with Crippen molar-refractivity contribution < 1.29 is 18.3 Å². The average molecular weight is 327 g/mol. The molecule has 0 aliphatic heterocycles. The standard InChI is InChI=1S/C14H9BrF2O2/c15-12-7-11(17)5-6-14(12)19-8-13(18)9-1-3-10(16)4-2-9/h1-7H,8H2. The molecule has 0 atom stereocenters. The van der Waals surface area contributed by atoms with Crippen molar-refractivity contribution in [1.82, 2.24) is 0 Å². The molecule has 2 aromatic rings. The maximum absolute atomic E-state index is 12.9. The summed E-state index contributed by atoms with van der Waals surface area (Å²) >= 11 is 3.14. The third-order valence-electron chi connectivity index (χ3n) is 2.42. The van der Waals surface area contributed by atoms with Crippen LogP contribution in [-0.4, -0.2) is 12.4 Å². The Labute approximate surface area is 117 Å². The third kappa shape index (κ3) is 3.61. The molecular weight excluding hydrogens is 318 g/mol. The van der Waals surface area contributed by atoms with Crippen molar-refractivity contribution in [3.05, 3.63) is 64.1 Å². The van der Waals surface area contributed by atoms with Gasteiger partial charge in [-0.05, 0) is 58.4 Å². The number of hydrogen-bond donors (Lipinski definition) is 0. The highest BCUT2D eigenvalue weighted by Crippen LogP contribution is 2.25. The minimum Gasteiger partial charge on any atom is -0.484 e. The summed E-state index contributed by atoms with van der Waals surface area (Å²) in [5.74, 6) is -0.712. The lowest BCUT2D eigenvalue weighted by atomic mass is 10.1. The van der Waals surface area contributed by atoms with E-state index in [4.69, 9.17) is 4.74 Å². The highest BCUT2D eigenvalue weighted by molar-refractivity contribution is 9.10. The number of hydrogen-bond acceptors (Lipinski definition) is 2. The molecule has 0 spiro atoms. The topological polar surface area (TPSA) is 26.3 Å². The molecule has 2 aromatic carbocycles. The molecule has 0 radical (unpaired) electrons. The van der Waals surface area contributed by atoms with Crippen molar-refractivity contribution >= 4 is 21.7 Å². The van der Waals surface area contributed by atoms with Gasteiger partial charge in [-0.3, -0.25) is 4.79 Å². The molecule has 98 valence electrons. The number of carbonyl (C=O) groups excluding carboxylic acids is 1. The van der Waals surface area contributed by atoms with Crippen LogP contribution in [0.4, 0.5) is 8.78 Å². The smallest absolute Gasteiger partial charge is 0.200 e. The Morgan fingerprint density at radius 3 is 2.32 bits per heavy atom. The lowest BCUT2D eigenvalue weighted by Gasteiger charge is -2.07. The van der Waals surface area contributed by atoms with Crippen LogP contribution in [0.5, 0.6) is 5.75 Å². The zero-order valence-corrected chi connectivity index (χ0v) is 11.3. The second-order valence-electron chi connectivity index (χ2n) is 3.79. The van der Waals surface area contributed by atoms with E-state index in [9.17, 15) is 13.6 Å². The predicted octanol–water partition coefficient (Wildman–Crippen LogP) is 3.99. The first-order chi connectivity index (χ1) is 9.06. The Balaban J connectivity index is 2.02. The normalized spacial score (nSPS) is 10.3. The van der Waals surface area contributed by atoms with E-state index in [-0.39, 0.29) is 12.4 Å². The molecule has 0 aliphatic carbocycles. The van der Waals surface area contributed by atoms with Gasteiger partial charge in [0.1, 0.15) is 17.4 Å². The molecule has 0 bridgehead atoms. The van der Waals surface area contributed by atoms with Crippen LogP contribution in [0.1, 0.15) is 10.4 Å². The number of ether oxygens (including phenoxy) is 1. The molecule has 0 unspecified atom stereocenters. The van der Waals surface area contributed by atoms with Gasteiger partial charge in [0.05, 0.1) is 4.47 Å². The van der Waals surface area contributed by atoms with E-state index in [2.05, 4.69) is 15.9 Å². The van der Waals surface area contributed by atoms with Crippen LogP contribution >= 0.6 is 15.9 Å². The Morgan fingerprint density at radius 2 is 1.68 bits per heavy atom. The zero-order valence-electron chi connectivity index (χ0n) is 9.70. The Kier molecular flexibility index (Phi) is 4.27. The van der Waals surface area contributed by atoms with Crippen molar-refractivity contribution in [3.8, 4) is 5.75 Å². The molecule has 0 N–H and O–H groups in total. The molecule has 0 aliphatic rings. The molecule has 0 saturated carbocycles. The van der Waals surface area contributed by atoms with Gasteiger partial charge in [0.15, 0.2) is 12.4 Å². The molecule has 0 amide bonds. The van der Waals surface area contributed by atoms with Gasteiger partial charge in [-0.1, -0.05) is 0 Å². The van der Waals surface area contributed by atoms with Gasteiger partial charge in [0.25, 0.3) is 0 Å². The zero-order chi connectivity index (χ0) is 13.8. The van der Waals surface area contributed by atoms with Crippen LogP contribution < -0.4 is 4.74 Å². The van der Waals surface area contributed by atoms with Crippen molar-refractivity contribution in [2.24, 2.45) is 0 Å². The summed E-state index contributed by atoms with van der Waals surface area (Å²) < 4.78 is 31.3. The molecule has 5 heteroatoms. The predicted molar refractivity (Wildman–Crippen MR) is 70.3 cm³/mol. The van der Waals surface area contributed by atoms with E-state index in [1.807, 2.05) is 0 Å². The first-order valence-electron chi connectivity index (χ1n) is 5.43. The van der Waals surface area contributed by atoms with Gasteiger partial charge < -0.3 is 4.74 Å². The van der Waals surface area contributed by atoms with Crippen LogP contribution in [0.25, 0.3) is 0 Å². The Hall–Kier alpha value is -1.75. The lowest BCUT2D eigenvalue weighted by Crippen LogP contribution is -2.11. The molecule has 0 aromatic heterocycles. The summed E-state index contributed by atoms with van der Waals surface area (Å²) in [4.78, 5) is 11.8. The van der Waals surface area contributed by atoms with Gasteiger partial charge >= 0.3 is 0 Å². The minimum absolute atomic E-state index is 0.199. The summed E-state index contributed by atoms with van der Waals surface area (Å²) in [5.41, 5.74) is 0.361. The van der Waals surface area contributed by atoms with E-state index in [0.717, 1.165) is 0 Å². The van der Waals surface area contributed by atoms with Crippen molar-refractivity contribution in [2.45, 2.75) is 0 Å². The SMILES string of the molecule is O=C(COc1ccc(F)cc1Br)c1ccc(F)cc1. The second-order valence-corrected chi connectivity index (χ2v) is 4.65. The largest absolute Gasteiger partial charge is 0.484 e. The van der Waals surface area contributed by atoms with E-state index in [1.54, 1.807) is 0 Å². The maximum atomic E-state index is 12.9. The van der Waals surface area contributed by atoms with Crippen molar-refractivity contribution in [2.75, 3.05) is 6.61 Å². The fourth-order valence-electron chi connectivity index (χ4n) is 1.45. The summed E-state index contributed by atoms with van der Waals surface area (Å²) in [5, 5.41) is 0. The first kappa shape index (κ1) is 13.7. The number of benzene rings is 2. The van der Waals surface area contributed by atoms with Crippen LogP contribution in [0.15, 0.2) is 46.9 Å². The quantitative estimate of drug-likeness (QED) is 0.794. The van der Waals surface area contributed by atoms with Crippen molar-refractivity contribution in [3.63, 3.8) is 0 Å². The van der Waals surface area contributed by atoms with Gasteiger partial charge in [-0.15, -0.1) is 0 Å². The molecule has 2 rings (SSSR count). The van der Waals surface area contributed by atoms with Gasteiger partial charge in [-0.2, -0.15) is 0 Å². The van der Waals surface area contributed by atoms with Gasteiger partial charge in [-0.25, -0.2) is 8.78 Å². The lowest BCUT2D eigenvalue weighted by molar-refractivity contribution is 0.0921. The number of ketones is 1. The van der Waals surface area contributed by atoms with E-state index in [1.165, 1.54) is 42.5 Å². The summed E-state index contributed by atoms with van der Waals surface area (Å²) in [6, 6.07) is 9.11. The fraction of sp³-hybridized carbons (Fsp3) is 0.0714. The number of Topliss-reactive ketones (excluding diaryl/α,β-unsaturated/α-hetero) is 1. The van der Waals surface area contributed by atoms with Crippen LogP contribution in [0.3, 0.4) is 0 Å². The maximum Gasteiger partial charge on any atom is 0.200 e. The molecular formula is C14H9BrF2O2. The fourth-order valence-corrected chi connectivity index (χ4v) is 1.92. The molecule has 0 heterocycles. The monoisotopic (exact) mass is 326 g/mol. The second kappa shape index (κ2) is 5.93. The van der Waals surface area contributed by atoms with Crippen LogP contribution in [0, 0.1) is 11.6 Å². The number of carbonyl (C=O) groups is 1. The minimum atomic E-state index is -0.404. The molecule has 0 fully saturated rings. The number of halogens is 3. The average Bonchev–Trinajstić information content (AvgIpc) is 2.38. The molecule has 19 heavy (non-hydrogen) atoms. The molecule has 2 nitrogen and oxygen atoms in total. The van der Waals surface area contributed by atoms with Crippen LogP contribution in [-0.2, 0) is 0 Å². The van der Waals surface area contributed by atoms with Crippen LogP contribution in [0.2, 0.25) is 0 Å². The Bertz CT molecular complexity index is 597. The summed E-state index contributed by atoms with van der Waals surface area (Å²) in [7, 11) is 0. The van der Waals surface area contributed by atoms with E-state index in [0.29, 0.717) is 15.8 Å². The molecule has 0 saturated heterocycles. The Morgan fingerprint density at radius 1 is 1.05 bits per heavy atom. The van der Waals surface area contributed by atoms with E-state index < -0.39 is 11.6 Å².